The summed E-state index contributed by atoms with van der Waals surface area (Å²) in [6, 6.07) is 0.689. The Morgan fingerprint density at radius 3 is 2.73 bits per heavy atom. The Hall–Kier alpha value is -0.770. The Bertz CT molecular complexity index is 219. The summed E-state index contributed by atoms with van der Waals surface area (Å²) in [5.41, 5.74) is 0. The molecule has 1 saturated heterocycles. The number of carbonyl (C=O) groups excluding carboxylic acids is 1. The van der Waals surface area contributed by atoms with Gasteiger partial charge in [-0.2, -0.15) is 0 Å². The fourth-order valence-corrected chi connectivity index (χ4v) is 2.31. The first-order valence-corrected chi connectivity index (χ1v) is 5.62. The third kappa shape index (κ3) is 2.84. The van der Waals surface area contributed by atoms with E-state index in [4.69, 9.17) is 4.74 Å². The predicted octanol–water partition coefficient (Wildman–Crippen LogP) is 1.46. The van der Waals surface area contributed by atoms with Crippen molar-refractivity contribution >= 4 is 6.09 Å². The molecule has 0 aromatic rings. The second-order valence-corrected chi connectivity index (χ2v) is 4.54. The highest BCUT2D eigenvalue weighted by atomic mass is 16.5. The van der Waals surface area contributed by atoms with Crippen LogP contribution in [0.2, 0.25) is 0 Å². The van der Waals surface area contributed by atoms with Crippen LogP contribution in [0.4, 0.5) is 4.79 Å². The minimum absolute atomic E-state index is 0.196. The van der Waals surface area contributed by atoms with E-state index in [1.165, 1.54) is 7.11 Å². The smallest absolute Gasteiger partial charge is 0.409 e. The van der Waals surface area contributed by atoms with Crippen molar-refractivity contribution in [3.8, 4) is 0 Å². The van der Waals surface area contributed by atoms with Crippen LogP contribution in [0.1, 0.15) is 26.7 Å². The first kappa shape index (κ1) is 12.3. The molecule has 0 radical (unpaired) electrons. The minimum Gasteiger partial charge on any atom is -0.453 e. The van der Waals surface area contributed by atoms with Crippen molar-refractivity contribution in [1.82, 2.24) is 10.2 Å². The number of amides is 1. The van der Waals surface area contributed by atoms with Gasteiger partial charge in [-0.25, -0.2) is 4.79 Å². The summed E-state index contributed by atoms with van der Waals surface area (Å²) >= 11 is 0. The number of rotatable bonds is 3. The van der Waals surface area contributed by atoms with Gasteiger partial charge < -0.3 is 15.0 Å². The molecule has 0 aromatic carbocycles. The number of likely N-dealkylation sites (N-methyl/N-ethyl adjacent to an activating group) is 1. The molecule has 1 N–H and O–H groups in total. The van der Waals surface area contributed by atoms with E-state index in [2.05, 4.69) is 19.2 Å². The fourth-order valence-electron chi connectivity index (χ4n) is 2.31. The quantitative estimate of drug-likeness (QED) is 0.773. The van der Waals surface area contributed by atoms with E-state index < -0.39 is 0 Å². The van der Waals surface area contributed by atoms with Crippen molar-refractivity contribution in [3.05, 3.63) is 0 Å². The lowest BCUT2D eigenvalue weighted by molar-refractivity contribution is 0.111. The molecule has 0 aromatic heterocycles. The average Bonchev–Trinajstić information content (AvgIpc) is 2.59. The van der Waals surface area contributed by atoms with Crippen LogP contribution in [0, 0.1) is 5.92 Å². The van der Waals surface area contributed by atoms with Gasteiger partial charge in [0.25, 0.3) is 0 Å². The first-order valence-electron chi connectivity index (χ1n) is 5.62. The van der Waals surface area contributed by atoms with Crippen LogP contribution in [-0.4, -0.2) is 43.8 Å². The van der Waals surface area contributed by atoms with Crippen molar-refractivity contribution in [2.24, 2.45) is 5.92 Å². The molecule has 4 nitrogen and oxygen atoms in total. The van der Waals surface area contributed by atoms with Gasteiger partial charge >= 0.3 is 6.09 Å². The summed E-state index contributed by atoms with van der Waals surface area (Å²) in [6.45, 7) is 5.16. The van der Waals surface area contributed by atoms with Gasteiger partial charge in [0.15, 0.2) is 0 Å². The molecule has 1 heterocycles. The second-order valence-electron chi connectivity index (χ2n) is 4.54. The predicted molar refractivity (Wildman–Crippen MR) is 59.8 cm³/mol. The monoisotopic (exact) mass is 214 g/mol. The van der Waals surface area contributed by atoms with E-state index in [-0.39, 0.29) is 12.1 Å². The van der Waals surface area contributed by atoms with Gasteiger partial charge in [0.2, 0.25) is 0 Å². The molecule has 88 valence electrons. The van der Waals surface area contributed by atoms with Gasteiger partial charge in [0.05, 0.1) is 13.2 Å². The van der Waals surface area contributed by atoms with Crippen LogP contribution in [-0.2, 0) is 4.74 Å². The number of methoxy groups -OCH3 is 1. The zero-order valence-corrected chi connectivity index (χ0v) is 10.1. The largest absolute Gasteiger partial charge is 0.453 e. The lowest BCUT2D eigenvalue weighted by Crippen LogP contribution is -2.44. The van der Waals surface area contributed by atoms with Crippen molar-refractivity contribution < 1.29 is 9.53 Å². The van der Waals surface area contributed by atoms with E-state index in [0.29, 0.717) is 12.0 Å². The Morgan fingerprint density at radius 1 is 1.60 bits per heavy atom. The third-order valence-electron chi connectivity index (χ3n) is 3.04. The summed E-state index contributed by atoms with van der Waals surface area (Å²) in [5.74, 6) is 0.594. The number of nitrogens with one attached hydrogen (secondary N) is 1. The van der Waals surface area contributed by atoms with Crippen LogP contribution in [0.25, 0.3) is 0 Å². The number of nitrogens with zero attached hydrogens (tertiary/aromatic N) is 1. The summed E-state index contributed by atoms with van der Waals surface area (Å²) < 4.78 is 4.80. The van der Waals surface area contributed by atoms with E-state index in [0.717, 1.165) is 19.4 Å². The number of carbonyl (C=O) groups is 1. The highest BCUT2D eigenvalue weighted by Gasteiger charge is 2.36. The van der Waals surface area contributed by atoms with Gasteiger partial charge in [-0.3, -0.25) is 0 Å². The maximum Gasteiger partial charge on any atom is 0.409 e. The normalized spacial score (nSPS) is 26.1. The SMILES string of the molecule is CNC1CCN(C(=O)OC)C1CC(C)C. The zero-order valence-electron chi connectivity index (χ0n) is 10.1. The maximum atomic E-state index is 11.5. The summed E-state index contributed by atoms with van der Waals surface area (Å²) in [6.07, 6.45) is 1.85. The Balaban J connectivity index is 2.67. The Morgan fingerprint density at radius 2 is 2.27 bits per heavy atom. The second kappa shape index (κ2) is 5.35. The maximum absolute atomic E-state index is 11.5. The molecule has 1 amide bonds. The number of hydrogen-bond acceptors (Lipinski definition) is 3. The van der Waals surface area contributed by atoms with Gasteiger partial charge in [-0.15, -0.1) is 0 Å². The molecule has 1 rings (SSSR count). The summed E-state index contributed by atoms with van der Waals surface area (Å²) in [5, 5.41) is 3.28. The number of likely N-dealkylation sites (tertiary alicyclic amines) is 1. The van der Waals surface area contributed by atoms with E-state index in [9.17, 15) is 4.79 Å². The zero-order chi connectivity index (χ0) is 11.4. The van der Waals surface area contributed by atoms with Gasteiger partial charge in [0, 0.05) is 12.6 Å². The standard InChI is InChI=1S/C11H22N2O2/c1-8(2)7-10-9(12-3)5-6-13(10)11(14)15-4/h8-10,12H,5-7H2,1-4H3. The third-order valence-corrected chi connectivity index (χ3v) is 3.04. The molecule has 0 bridgehead atoms. The van der Waals surface area contributed by atoms with Crippen LogP contribution >= 0.6 is 0 Å². The number of ether oxygens (including phenoxy) is 1. The van der Waals surface area contributed by atoms with Crippen LogP contribution in [0.5, 0.6) is 0 Å². The summed E-state index contributed by atoms with van der Waals surface area (Å²) in [7, 11) is 3.40. The van der Waals surface area contributed by atoms with E-state index in [1.54, 1.807) is 0 Å². The van der Waals surface area contributed by atoms with Gasteiger partial charge in [-0.05, 0) is 25.8 Å². The lowest BCUT2D eigenvalue weighted by Gasteiger charge is -2.28. The van der Waals surface area contributed by atoms with Crippen LogP contribution < -0.4 is 5.32 Å². The van der Waals surface area contributed by atoms with E-state index in [1.807, 2.05) is 11.9 Å². The molecule has 1 aliphatic heterocycles. The molecule has 0 aliphatic carbocycles. The molecule has 4 heteroatoms. The molecule has 1 fully saturated rings. The van der Waals surface area contributed by atoms with Crippen molar-refractivity contribution in [3.63, 3.8) is 0 Å². The molecule has 1 aliphatic rings. The van der Waals surface area contributed by atoms with E-state index >= 15 is 0 Å². The molecule has 2 unspecified atom stereocenters. The average molecular weight is 214 g/mol. The molecule has 0 saturated carbocycles. The number of hydrogen-bond donors (Lipinski definition) is 1. The van der Waals surface area contributed by atoms with Gasteiger partial charge in [0.1, 0.15) is 0 Å². The lowest BCUT2D eigenvalue weighted by atomic mass is 9.98. The Labute approximate surface area is 92.0 Å². The summed E-state index contributed by atoms with van der Waals surface area (Å²) in [4.78, 5) is 13.4. The van der Waals surface area contributed by atoms with Crippen molar-refractivity contribution in [1.29, 1.82) is 0 Å². The highest BCUT2D eigenvalue weighted by molar-refractivity contribution is 5.68. The molecular weight excluding hydrogens is 192 g/mol. The topological polar surface area (TPSA) is 41.6 Å². The fraction of sp³-hybridized carbons (Fsp3) is 0.909. The van der Waals surface area contributed by atoms with Crippen molar-refractivity contribution in [2.45, 2.75) is 38.8 Å². The molecule has 2 atom stereocenters. The first-order chi connectivity index (χ1) is 7.10. The molecular formula is C11H22N2O2. The van der Waals surface area contributed by atoms with Crippen LogP contribution in [0.15, 0.2) is 0 Å². The minimum atomic E-state index is -0.196. The molecule has 0 spiro atoms. The van der Waals surface area contributed by atoms with Gasteiger partial charge in [-0.1, -0.05) is 13.8 Å². The molecule has 15 heavy (non-hydrogen) atoms. The highest BCUT2D eigenvalue weighted by Crippen LogP contribution is 2.24. The van der Waals surface area contributed by atoms with Crippen LogP contribution in [0.3, 0.4) is 0 Å². The Kier molecular flexibility index (Phi) is 4.39. The van der Waals surface area contributed by atoms with Crippen molar-refractivity contribution in [2.75, 3.05) is 20.7 Å².